The molecule has 1 aromatic carbocycles. The molecule has 2 atom stereocenters. The van der Waals surface area contributed by atoms with E-state index in [4.69, 9.17) is 16.3 Å². The van der Waals surface area contributed by atoms with Gasteiger partial charge in [0.2, 0.25) is 0 Å². The predicted octanol–water partition coefficient (Wildman–Crippen LogP) is 5.50. The van der Waals surface area contributed by atoms with Crippen LogP contribution in [0, 0.1) is 0 Å². The highest BCUT2D eigenvalue weighted by atomic mass is 79.9. The Balaban J connectivity index is 2.65. The Kier molecular flexibility index (Phi) is 9.11. The Morgan fingerprint density at radius 2 is 1.95 bits per heavy atom. The molecule has 0 radical (unpaired) electrons. The summed E-state index contributed by atoms with van der Waals surface area (Å²) in [6.45, 7) is 2.20. The fourth-order valence-electron chi connectivity index (χ4n) is 2.58. The van der Waals surface area contributed by atoms with Crippen LogP contribution in [0.3, 0.4) is 0 Å². The van der Waals surface area contributed by atoms with Crippen molar-refractivity contribution in [3.05, 3.63) is 35.9 Å². The van der Waals surface area contributed by atoms with Crippen molar-refractivity contribution in [2.24, 2.45) is 0 Å². The zero-order chi connectivity index (χ0) is 16.4. The van der Waals surface area contributed by atoms with Gasteiger partial charge in [0.05, 0.1) is 7.11 Å². The first-order chi connectivity index (χ1) is 10.5. The summed E-state index contributed by atoms with van der Waals surface area (Å²) in [4.78, 5) is 11.4. The number of methoxy groups -OCH3 is 1. The van der Waals surface area contributed by atoms with Gasteiger partial charge in [-0.2, -0.15) is 0 Å². The maximum Gasteiger partial charge on any atom is 0.327 e. The summed E-state index contributed by atoms with van der Waals surface area (Å²) >= 11 is 10.3. The van der Waals surface area contributed by atoms with E-state index in [1.165, 1.54) is 26.4 Å². The maximum absolute atomic E-state index is 12.2. The zero-order valence-corrected chi connectivity index (χ0v) is 15.8. The second kappa shape index (κ2) is 10.3. The summed E-state index contributed by atoms with van der Waals surface area (Å²) in [6, 6.07) is 9.86. The number of hydrogen-bond donors (Lipinski definition) is 0. The number of benzene rings is 1. The second-order valence-corrected chi connectivity index (χ2v) is 7.79. The van der Waals surface area contributed by atoms with Gasteiger partial charge in [0.15, 0.2) is 0 Å². The molecule has 22 heavy (non-hydrogen) atoms. The largest absolute Gasteiger partial charge is 0.468 e. The normalized spacial score (nSPS) is 15.1. The molecule has 0 bridgehead atoms. The van der Waals surface area contributed by atoms with Crippen LogP contribution >= 0.6 is 27.5 Å². The molecule has 1 aromatic rings. The Bertz CT molecular complexity index is 438. The van der Waals surface area contributed by atoms with Crippen LogP contribution in [-0.4, -0.2) is 22.8 Å². The van der Waals surface area contributed by atoms with Gasteiger partial charge in [-0.15, -0.1) is 11.6 Å². The van der Waals surface area contributed by atoms with Gasteiger partial charge in [0.1, 0.15) is 4.87 Å². The van der Waals surface area contributed by atoms with Crippen LogP contribution in [0.2, 0.25) is 0 Å². The minimum absolute atomic E-state index is 0.227. The Morgan fingerprint density at radius 1 is 1.27 bits per heavy atom. The van der Waals surface area contributed by atoms with Crippen molar-refractivity contribution >= 4 is 33.5 Å². The van der Waals surface area contributed by atoms with Crippen LogP contribution in [0.1, 0.15) is 51.0 Å². The quantitative estimate of drug-likeness (QED) is 0.300. The topological polar surface area (TPSA) is 26.3 Å². The van der Waals surface area contributed by atoms with Gasteiger partial charge >= 0.3 is 5.97 Å². The van der Waals surface area contributed by atoms with E-state index in [0.717, 1.165) is 18.4 Å². The Morgan fingerprint density at radius 3 is 2.55 bits per heavy atom. The molecule has 0 saturated heterocycles. The Labute approximate surface area is 147 Å². The van der Waals surface area contributed by atoms with E-state index in [9.17, 15) is 4.79 Å². The van der Waals surface area contributed by atoms with Crippen LogP contribution in [0.5, 0.6) is 0 Å². The third-order valence-corrected chi connectivity index (χ3v) is 5.02. The van der Waals surface area contributed by atoms with Crippen molar-refractivity contribution in [3.63, 3.8) is 0 Å². The lowest BCUT2D eigenvalue weighted by Crippen LogP contribution is -2.38. The highest BCUT2D eigenvalue weighted by molar-refractivity contribution is 9.09. The van der Waals surface area contributed by atoms with Crippen LogP contribution in [0.4, 0.5) is 0 Å². The van der Waals surface area contributed by atoms with Crippen molar-refractivity contribution < 1.29 is 9.53 Å². The minimum Gasteiger partial charge on any atom is -0.468 e. The summed E-state index contributed by atoms with van der Waals surface area (Å²) < 4.78 is 4.94. The van der Waals surface area contributed by atoms with Gasteiger partial charge in [0.25, 0.3) is 0 Å². The highest BCUT2D eigenvalue weighted by Gasteiger charge is 2.39. The standard InChI is InChI=1S/C18H26BrClO2/c1-3-4-5-9-12-16(19)14-18(20,17(21)22-2)13-15-10-7-6-8-11-15/h6-8,10-11,16H,3-5,9,12-14H2,1-2H3. The second-order valence-electron chi connectivity index (χ2n) is 5.77. The molecule has 0 N–H and O–H groups in total. The molecule has 0 aliphatic rings. The first-order valence-electron chi connectivity index (χ1n) is 7.97. The van der Waals surface area contributed by atoms with Crippen molar-refractivity contribution in [1.82, 2.24) is 0 Å². The number of carbonyl (C=O) groups is 1. The molecule has 2 nitrogen and oxygen atoms in total. The summed E-state index contributed by atoms with van der Waals surface area (Å²) in [6.07, 6.45) is 6.95. The van der Waals surface area contributed by atoms with Gasteiger partial charge in [-0.25, -0.2) is 0 Å². The first kappa shape index (κ1) is 19.5. The number of carbonyl (C=O) groups excluding carboxylic acids is 1. The van der Waals surface area contributed by atoms with Crippen LogP contribution in [0.15, 0.2) is 30.3 Å². The number of hydrogen-bond acceptors (Lipinski definition) is 2. The molecule has 4 heteroatoms. The number of ether oxygens (including phenoxy) is 1. The minimum atomic E-state index is -1.00. The molecular formula is C18H26BrClO2. The monoisotopic (exact) mass is 388 g/mol. The van der Waals surface area contributed by atoms with Crippen molar-refractivity contribution in [2.45, 2.75) is 61.6 Å². The summed E-state index contributed by atoms with van der Waals surface area (Å²) in [5.74, 6) is -0.351. The lowest BCUT2D eigenvalue weighted by atomic mass is 9.92. The smallest absolute Gasteiger partial charge is 0.327 e. The van der Waals surface area contributed by atoms with E-state index in [-0.39, 0.29) is 10.8 Å². The van der Waals surface area contributed by atoms with Gasteiger partial charge < -0.3 is 4.74 Å². The molecule has 0 aliphatic carbocycles. The maximum atomic E-state index is 12.2. The van der Waals surface area contributed by atoms with E-state index < -0.39 is 4.87 Å². The van der Waals surface area contributed by atoms with Gasteiger partial charge in [-0.1, -0.05) is 78.9 Å². The molecule has 0 amide bonds. The lowest BCUT2D eigenvalue weighted by molar-refractivity contribution is -0.144. The molecule has 0 saturated carbocycles. The number of halogens is 2. The van der Waals surface area contributed by atoms with E-state index in [1.54, 1.807) is 0 Å². The van der Waals surface area contributed by atoms with Crippen LogP contribution in [-0.2, 0) is 16.0 Å². The van der Waals surface area contributed by atoms with Gasteiger partial charge in [0, 0.05) is 11.2 Å². The molecule has 124 valence electrons. The van der Waals surface area contributed by atoms with E-state index >= 15 is 0 Å². The zero-order valence-electron chi connectivity index (χ0n) is 13.5. The highest BCUT2D eigenvalue weighted by Crippen LogP contribution is 2.32. The number of rotatable bonds is 10. The van der Waals surface area contributed by atoms with Gasteiger partial charge in [-0.05, 0) is 18.4 Å². The average molecular weight is 390 g/mol. The van der Waals surface area contributed by atoms with Gasteiger partial charge in [-0.3, -0.25) is 4.79 Å². The first-order valence-corrected chi connectivity index (χ1v) is 9.26. The summed E-state index contributed by atoms with van der Waals surface area (Å²) in [5, 5.41) is 0. The summed E-state index contributed by atoms with van der Waals surface area (Å²) in [5.41, 5.74) is 1.05. The molecule has 0 aliphatic heterocycles. The number of alkyl halides is 2. The van der Waals surface area contributed by atoms with Crippen LogP contribution < -0.4 is 0 Å². The van der Waals surface area contributed by atoms with Crippen molar-refractivity contribution in [2.75, 3.05) is 7.11 Å². The predicted molar refractivity (Wildman–Crippen MR) is 96.8 cm³/mol. The molecule has 0 aromatic heterocycles. The van der Waals surface area contributed by atoms with E-state index in [1.807, 2.05) is 30.3 Å². The fourth-order valence-corrected chi connectivity index (χ4v) is 4.06. The Hall–Kier alpha value is -0.540. The molecular weight excluding hydrogens is 364 g/mol. The molecule has 0 fully saturated rings. The third kappa shape index (κ3) is 6.70. The summed E-state index contributed by atoms with van der Waals surface area (Å²) in [7, 11) is 1.40. The third-order valence-electron chi connectivity index (χ3n) is 3.79. The van der Waals surface area contributed by atoms with Crippen molar-refractivity contribution in [1.29, 1.82) is 0 Å². The molecule has 1 rings (SSSR count). The SMILES string of the molecule is CCCCCCC(Br)CC(Cl)(Cc1ccccc1)C(=O)OC. The van der Waals surface area contributed by atoms with Crippen LogP contribution in [0.25, 0.3) is 0 Å². The molecule has 2 unspecified atom stereocenters. The molecule has 0 heterocycles. The average Bonchev–Trinajstić information content (AvgIpc) is 2.51. The van der Waals surface area contributed by atoms with E-state index in [0.29, 0.717) is 12.8 Å². The number of esters is 1. The number of unbranched alkanes of at least 4 members (excludes halogenated alkanes) is 3. The van der Waals surface area contributed by atoms with E-state index in [2.05, 4.69) is 22.9 Å². The lowest BCUT2D eigenvalue weighted by Gasteiger charge is -2.27. The molecule has 0 spiro atoms. The fraction of sp³-hybridized carbons (Fsp3) is 0.611. The van der Waals surface area contributed by atoms with Crippen molar-refractivity contribution in [3.8, 4) is 0 Å².